The largest absolute Gasteiger partial charge is 0.354 e. The van der Waals surface area contributed by atoms with E-state index in [-0.39, 0.29) is 5.69 Å². The number of rotatable bonds is 11. The van der Waals surface area contributed by atoms with Gasteiger partial charge in [-0.1, -0.05) is 42.8 Å². The number of aromatic nitrogens is 4. The summed E-state index contributed by atoms with van der Waals surface area (Å²) >= 11 is 5.90. The number of imidazole rings is 1. The first-order chi connectivity index (χ1) is 13.2. The lowest BCUT2D eigenvalue weighted by Gasteiger charge is -2.07. The molecule has 2 aromatic heterocycles. The van der Waals surface area contributed by atoms with Gasteiger partial charge in [0.05, 0.1) is 12.7 Å². The summed E-state index contributed by atoms with van der Waals surface area (Å²) in [5.74, 6) is 0.506. The monoisotopic (exact) mass is 390 g/mol. The Morgan fingerprint density at radius 3 is 2.93 bits per heavy atom. The Labute approximate surface area is 164 Å². The predicted octanol–water partition coefficient (Wildman–Crippen LogP) is 3.18. The summed E-state index contributed by atoms with van der Waals surface area (Å²) in [4.78, 5) is 23.8. The molecule has 2 aromatic rings. The van der Waals surface area contributed by atoms with Crippen molar-refractivity contribution in [3.63, 3.8) is 0 Å². The van der Waals surface area contributed by atoms with Crippen molar-refractivity contribution in [1.82, 2.24) is 24.8 Å². The third-order valence-electron chi connectivity index (χ3n) is 3.85. The smallest absolute Gasteiger partial charge is 0.328 e. The Hall–Kier alpha value is -2.38. The van der Waals surface area contributed by atoms with Gasteiger partial charge in [0.25, 0.3) is 0 Å². The van der Waals surface area contributed by atoms with Crippen molar-refractivity contribution in [2.75, 3.05) is 25.0 Å². The van der Waals surface area contributed by atoms with Gasteiger partial charge in [0.15, 0.2) is 5.65 Å². The van der Waals surface area contributed by atoms with E-state index in [2.05, 4.69) is 32.5 Å². The second-order valence-corrected chi connectivity index (χ2v) is 6.26. The molecule has 27 heavy (non-hydrogen) atoms. The van der Waals surface area contributed by atoms with Crippen LogP contribution >= 0.6 is 11.6 Å². The molecule has 8 heteroatoms. The number of fused-ring (bicyclic) bond motifs is 1. The first kappa shape index (κ1) is 20.9. The minimum atomic E-state index is -0.240. The average Bonchev–Trinajstić information content (AvgIpc) is 2.98. The van der Waals surface area contributed by atoms with Gasteiger partial charge in [-0.15, -0.1) is 0 Å². The van der Waals surface area contributed by atoms with E-state index in [4.69, 9.17) is 11.6 Å². The quantitative estimate of drug-likeness (QED) is 0.405. The molecule has 0 bridgehead atoms. The second-order valence-electron chi connectivity index (χ2n) is 6.05. The van der Waals surface area contributed by atoms with E-state index < -0.39 is 0 Å². The standard InChI is InChI=1S/C19H27ClN6O/c1-3-5-6-8-15(12-20)14-26-17-16(24-19(26)27)13-23-18(25-17)22-11-7-10-21-9-4-2/h3,5-6,8,12-13,21H,4,7,9-11,14H2,1-2H3,(H,24,27)(H,22,23,25)/b5-3-,8-6-,15-12-. The van der Waals surface area contributed by atoms with Gasteiger partial charge in [0.1, 0.15) is 5.52 Å². The highest BCUT2D eigenvalue weighted by atomic mass is 35.5. The first-order valence-electron chi connectivity index (χ1n) is 9.18. The van der Waals surface area contributed by atoms with Crippen LogP contribution in [-0.2, 0) is 6.54 Å². The van der Waals surface area contributed by atoms with Gasteiger partial charge in [0.2, 0.25) is 5.95 Å². The van der Waals surface area contributed by atoms with Crippen molar-refractivity contribution in [3.05, 3.63) is 52.1 Å². The second kappa shape index (κ2) is 11.4. The summed E-state index contributed by atoms with van der Waals surface area (Å²) in [6.45, 7) is 7.14. The molecule has 0 fully saturated rings. The molecule has 0 radical (unpaired) electrons. The molecule has 0 spiro atoms. The molecule has 0 unspecified atom stereocenters. The van der Waals surface area contributed by atoms with Crippen LogP contribution in [0.4, 0.5) is 5.95 Å². The van der Waals surface area contributed by atoms with Crippen molar-refractivity contribution < 1.29 is 0 Å². The van der Waals surface area contributed by atoms with E-state index in [0.29, 0.717) is 23.7 Å². The number of hydrogen-bond acceptors (Lipinski definition) is 5. The summed E-state index contributed by atoms with van der Waals surface area (Å²) in [7, 11) is 0. The topological polar surface area (TPSA) is 87.6 Å². The van der Waals surface area contributed by atoms with Crippen molar-refractivity contribution in [1.29, 1.82) is 0 Å². The lowest BCUT2D eigenvalue weighted by molar-refractivity contribution is 0.651. The fraction of sp³-hybridized carbons (Fsp3) is 0.421. The molecule has 0 aliphatic carbocycles. The minimum Gasteiger partial charge on any atom is -0.354 e. The normalized spacial score (nSPS) is 12.6. The number of halogens is 1. The molecular formula is C19H27ClN6O. The van der Waals surface area contributed by atoms with E-state index >= 15 is 0 Å². The van der Waals surface area contributed by atoms with Gasteiger partial charge in [-0.25, -0.2) is 9.78 Å². The van der Waals surface area contributed by atoms with Gasteiger partial charge in [0, 0.05) is 12.1 Å². The van der Waals surface area contributed by atoms with Crippen LogP contribution in [0.2, 0.25) is 0 Å². The summed E-state index contributed by atoms with van der Waals surface area (Å²) in [6.07, 6.45) is 11.3. The maximum Gasteiger partial charge on any atom is 0.328 e. The lowest BCUT2D eigenvalue weighted by atomic mass is 10.2. The van der Waals surface area contributed by atoms with Crippen LogP contribution in [0, 0.1) is 0 Å². The van der Waals surface area contributed by atoms with E-state index in [1.165, 1.54) is 5.54 Å². The molecule has 7 nitrogen and oxygen atoms in total. The van der Waals surface area contributed by atoms with Crippen molar-refractivity contribution in [3.8, 4) is 0 Å². The number of H-pyrrole nitrogens is 1. The molecule has 0 aliphatic heterocycles. The maximum absolute atomic E-state index is 12.3. The van der Waals surface area contributed by atoms with Crippen LogP contribution in [0.3, 0.4) is 0 Å². The van der Waals surface area contributed by atoms with E-state index in [1.807, 2.05) is 31.2 Å². The fourth-order valence-corrected chi connectivity index (χ4v) is 2.63. The zero-order valence-corrected chi connectivity index (χ0v) is 16.6. The highest BCUT2D eigenvalue weighted by molar-refractivity contribution is 6.25. The molecule has 0 saturated heterocycles. The van der Waals surface area contributed by atoms with E-state index in [1.54, 1.807) is 10.8 Å². The van der Waals surface area contributed by atoms with Crippen molar-refractivity contribution in [2.24, 2.45) is 0 Å². The Balaban J connectivity index is 2.10. The van der Waals surface area contributed by atoms with Gasteiger partial charge in [-0.3, -0.25) is 4.57 Å². The average molecular weight is 391 g/mol. The highest BCUT2D eigenvalue weighted by Gasteiger charge is 2.10. The van der Waals surface area contributed by atoms with Gasteiger partial charge >= 0.3 is 5.69 Å². The predicted molar refractivity (Wildman–Crippen MR) is 112 cm³/mol. The van der Waals surface area contributed by atoms with E-state index in [9.17, 15) is 4.79 Å². The van der Waals surface area contributed by atoms with Crippen molar-refractivity contribution >= 4 is 28.7 Å². The lowest BCUT2D eigenvalue weighted by Crippen LogP contribution is -2.19. The number of aromatic amines is 1. The fourth-order valence-electron chi connectivity index (χ4n) is 2.49. The Bertz CT molecular complexity index is 865. The number of hydrogen-bond donors (Lipinski definition) is 3. The molecule has 0 saturated carbocycles. The maximum atomic E-state index is 12.3. The third kappa shape index (κ3) is 6.37. The molecular weight excluding hydrogens is 364 g/mol. The molecule has 2 rings (SSSR count). The van der Waals surface area contributed by atoms with Crippen LogP contribution in [0.15, 0.2) is 46.4 Å². The minimum absolute atomic E-state index is 0.240. The zero-order chi connectivity index (χ0) is 19.5. The summed E-state index contributed by atoms with van der Waals surface area (Å²) < 4.78 is 1.55. The summed E-state index contributed by atoms with van der Waals surface area (Å²) in [5, 5.41) is 6.56. The van der Waals surface area contributed by atoms with Gasteiger partial charge in [-0.2, -0.15) is 4.98 Å². The Kier molecular flexibility index (Phi) is 8.80. The van der Waals surface area contributed by atoms with Crippen LogP contribution in [-0.4, -0.2) is 39.2 Å². The van der Waals surface area contributed by atoms with Crippen LogP contribution in [0.5, 0.6) is 0 Å². The summed E-state index contributed by atoms with van der Waals surface area (Å²) in [5.41, 5.74) is 3.18. The number of allylic oxidation sites excluding steroid dienone is 5. The molecule has 0 aliphatic rings. The molecule has 0 aromatic carbocycles. The molecule has 146 valence electrons. The number of nitrogens with zero attached hydrogens (tertiary/aromatic N) is 3. The number of nitrogens with one attached hydrogen (secondary N) is 3. The SMILES string of the molecule is C\C=C/C=C\C(=C\Cl)Cn1c(=O)[nH]c2cnc(NCCCNCCC)nc21. The molecule has 3 N–H and O–H groups in total. The first-order valence-corrected chi connectivity index (χ1v) is 9.62. The Morgan fingerprint density at radius 2 is 2.19 bits per heavy atom. The molecule has 0 atom stereocenters. The van der Waals surface area contributed by atoms with Crippen LogP contribution < -0.4 is 16.3 Å². The van der Waals surface area contributed by atoms with Gasteiger partial charge in [-0.05, 0) is 38.4 Å². The highest BCUT2D eigenvalue weighted by Crippen LogP contribution is 2.12. The number of anilines is 1. The van der Waals surface area contributed by atoms with Crippen molar-refractivity contribution in [2.45, 2.75) is 33.2 Å². The van der Waals surface area contributed by atoms with Crippen LogP contribution in [0.1, 0.15) is 26.7 Å². The summed E-state index contributed by atoms with van der Waals surface area (Å²) in [6, 6.07) is 0. The molecule has 2 heterocycles. The zero-order valence-electron chi connectivity index (χ0n) is 15.8. The van der Waals surface area contributed by atoms with Crippen LogP contribution in [0.25, 0.3) is 11.2 Å². The third-order valence-corrected chi connectivity index (χ3v) is 4.13. The van der Waals surface area contributed by atoms with E-state index in [0.717, 1.165) is 38.0 Å². The van der Waals surface area contributed by atoms with Gasteiger partial charge < -0.3 is 15.6 Å². The molecule has 0 amide bonds. The Morgan fingerprint density at radius 1 is 1.33 bits per heavy atom.